The maximum absolute atomic E-state index is 12.3. The van der Waals surface area contributed by atoms with Crippen LogP contribution in [0.1, 0.15) is 28.3 Å². The lowest BCUT2D eigenvalue weighted by Gasteiger charge is -2.44. The van der Waals surface area contributed by atoms with E-state index < -0.39 is 0 Å². The number of carbonyl (C=O) groups excluding carboxylic acids is 1. The van der Waals surface area contributed by atoms with Gasteiger partial charge >= 0.3 is 0 Å². The van der Waals surface area contributed by atoms with Crippen LogP contribution in [0.2, 0.25) is 5.02 Å². The molecule has 1 heterocycles. The summed E-state index contributed by atoms with van der Waals surface area (Å²) in [6.45, 7) is 5.67. The molecule has 5 rings (SSSR count). The molecule has 0 bridgehead atoms. The molecule has 37 heavy (non-hydrogen) atoms. The minimum atomic E-state index is -0.226. The van der Waals surface area contributed by atoms with Crippen LogP contribution in [-0.4, -0.2) is 41.8 Å². The molecule has 1 saturated heterocycles. The number of aldehydes is 1. The molecule has 0 amide bonds. The molecule has 0 radical (unpaired) electrons. The Morgan fingerprint density at radius 1 is 0.865 bits per heavy atom. The molecule has 1 aliphatic rings. The fraction of sp³-hybridized carbons (Fsp3) is 0.242. The second-order valence-corrected chi connectivity index (χ2v) is 10.4. The summed E-state index contributed by atoms with van der Waals surface area (Å²) in [6, 6.07) is 35.7. The summed E-state index contributed by atoms with van der Waals surface area (Å²) in [5.74, 6) is 0. The van der Waals surface area contributed by atoms with Crippen molar-refractivity contribution in [3.63, 3.8) is 0 Å². The molecule has 188 valence electrons. The highest BCUT2D eigenvalue weighted by molar-refractivity contribution is 6.33. The fourth-order valence-corrected chi connectivity index (χ4v) is 5.64. The zero-order chi connectivity index (χ0) is 25.6. The highest BCUT2D eigenvalue weighted by atomic mass is 35.5. The summed E-state index contributed by atoms with van der Waals surface area (Å²) in [6.07, 6.45) is 2.03. The van der Waals surface area contributed by atoms with Gasteiger partial charge in [-0.05, 0) is 47.7 Å². The number of piperazine rings is 1. The molecular weight excluding hydrogens is 476 g/mol. The zero-order valence-electron chi connectivity index (χ0n) is 21.3. The quantitative estimate of drug-likeness (QED) is 0.240. The van der Waals surface area contributed by atoms with Gasteiger partial charge in [-0.2, -0.15) is 0 Å². The Labute approximate surface area is 225 Å². The van der Waals surface area contributed by atoms with Crippen LogP contribution in [0.3, 0.4) is 0 Å². The van der Waals surface area contributed by atoms with Gasteiger partial charge in [-0.25, -0.2) is 0 Å². The number of aryl methyl sites for hydroxylation is 1. The lowest BCUT2D eigenvalue weighted by Crippen LogP contribution is -2.54. The third-order valence-electron chi connectivity index (χ3n) is 7.35. The molecule has 4 aromatic rings. The van der Waals surface area contributed by atoms with E-state index in [0.717, 1.165) is 60.6 Å². The summed E-state index contributed by atoms with van der Waals surface area (Å²) in [5.41, 5.74) is 7.07. The first kappa shape index (κ1) is 25.4. The first-order chi connectivity index (χ1) is 18.1. The third-order valence-corrected chi connectivity index (χ3v) is 7.68. The summed E-state index contributed by atoms with van der Waals surface area (Å²) in [4.78, 5) is 17.2. The van der Waals surface area contributed by atoms with Crippen LogP contribution in [0.25, 0.3) is 11.1 Å². The van der Waals surface area contributed by atoms with E-state index in [1.54, 1.807) is 0 Å². The maximum Gasteiger partial charge on any atom is 0.141 e. The highest BCUT2D eigenvalue weighted by Gasteiger charge is 2.32. The van der Waals surface area contributed by atoms with Gasteiger partial charge in [-0.1, -0.05) is 108 Å². The fourth-order valence-electron chi connectivity index (χ4n) is 5.42. The molecule has 3 nitrogen and oxygen atoms in total. The van der Waals surface area contributed by atoms with Gasteiger partial charge in [0.15, 0.2) is 0 Å². The van der Waals surface area contributed by atoms with Gasteiger partial charge in [0.25, 0.3) is 0 Å². The molecule has 4 aromatic carbocycles. The number of rotatable bonds is 8. The van der Waals surface area contributed by atoms with E-state index in [1.165, 1.54) is 16.7 Å². The maximum atomic E-state index is 12.3. The van der Waals surface area contributed by atoms with Crippen molar-refractivity contribution >= 4 is 17.9 Å². The first-order valence-electron chi connectivity index (χ1n) is 13.0. The number of hydrogen-bond donors (Lipinski definition) is 0. The van der Waals surface area contributed by atoms with E-state index in [-0.39, 0.29) is 12.1 Å². The third kappa shape index (κ3) is 6.19. The molecule has 1 fully saturated rings. The minimum Gasteiger partial charge on any atom is -0.301 e. The molecular formula is C33H33ClN2O. The molecule has 0 saturated carbocycles. The van der Waals surface area contributed by atoms with Gasteiger partial charge < -0.3 is 4.79 Å². The predicted molar refractivity (Wildman–Crippen MR) is 153 cm³/mol. The van der Waals surface area contributed by atoms with Crippen LogP contribution in [0.5, 0.6) is 0 Å². The standard InChI is InChI=1S/C33H33ClN2O/c1-25-12-17-32(34)31(20-25)28-15-13-27(14-16-28)22-35-18-19-36(33(24-37)29-10-6-3-7-11-29)30(23-35)21-26-8-4-2-5-9-26/h2-17,20,24,30,33H,18-19,21-23H2,1H3/t30-,33?/m0/s1. The zero-order valence-corrected chi connectivity index (χ0v) is 22.0. The van der Waals surface area contributed by atoms with Crippen molar-refractivity contribution in [2.45, 2.75) is 32.0 Å². The second kappa shape index (κ2) is 11.9. The highest BCUT2D eigenvalue weighted by Crippen LogP contribution is 2.30. The predicted octanol–water partition coefficient (Wildman–Crippen LogP) is 6.98. The van der Waals surface area contributed by atoms with Crippen molar-refractivity contribution in [3.8, 4) is 11.1 Å². The molecule has 1 aliphatic heterocycles. The second-order valence-electron chi connectivity index (χ2n) is 9.99. The Bertz CT molecular complexity index is 1310. The number of carbonyl (C=O) groups is 1. The van der Waals surface area contributed by atoms with Crippen LogP contribution in [-0.2, 0) is 17.8 Å². The smallest absolute Gasteiger partial charge is 0.141 e. The van der Waals surface area contributed by atoms with Crippen molar-refractivity contribution in [2.75, 3.05) is 19.6 Å². The largest absolute Gasteiger partial charge is 0.301 e. The molecule has 2 atom stereocenters. The van der Waals surface area contributed by atoms with Crippen molar-refractivity contribution < 1.29 is 4.79 Å². The van der Waals surface area contributed by atoms with Crippen molar-refractivity contribution in [1.82, 2.24) is 9.80 Å². The van der Waals surface area contributed by atoms with E-state index in [4.69, 9.17) is 11.6 Å². The summed E-state index contributed by atoms with van der Waals surface area (Å²) in [5, 5.41) is 0.779. The normalized spacial score (nSPS) is 17.4. The Morgan fingerprint density at radius 2 is 1.57 bits per heavy atom. The summed E-state index contributed by atoms with van der Waals surface area (Å²) >= 11 is 6.47. The minimum absolute atomic E-state index is 0.226. The first-order valence-corrected chi connectivity index (χ1v) is 13.4. The van der Waals surface area contributed by atoms with E-state index in [1.807, 2.05) is 30.3 Å². The van der Waals surface area contributed by atoms with E-state index in [2.05, 4.69) is 89.5 Å². The monoisotopic (exact) mass is 508 g/mol. The Kier molecular flexibility index (Phi) is 8.15. The van der Waals surface area contributed by atoms with Gasteiger partial charge in [-0.15, -0.1) is 0 Å². The van der Waals surface area contributed by atoms with Crippen molar-refractivity contribution in [1.29, 1.82) is 0 Å². The number of halogens is 1. The lowest BCUT2D eigenvalue weighted by atomic mass is 9.97. The molecule has 0 aromatic heterocycles. The van der Waals surface area contributed by atoms with Gasteiger partial charge in [0.05, 0.1) is 6.04 Å². The molecule has 0 aliphatic carbocycles. The van der Waals surface area contributed by atoms with Crippen LogP contribution in [0, 0.1) is 6.92 Å². The number of hydrogen-bond acceptors (Lipinski definition) is 3. The summed E-state index contributed by atoms with van der Waals surface area (Å²) < 4.78 is 0. The SMILES string of the molecule is Cc1ccc(Cl)c(-c2ccc(CN3CCN(C(C=O)c4ccccc4)[C@@H](Cc4ccccc4)C3)cc2)c1. The number of benzene rings is 4. The van der Waals surface area contributed by atoms with Crippen LogP contribution in [0.4, 0.5) is 0 Å². The molecule has 0 N–H and O–H groups in total. The van der Waals surface area contributed by atoms with Gasteiger partial charge in [-0.3, -0.25) is 9.80 Å². The van der Waals surface area contributed by atoms with E-state index in [9.17, 15) is 4.79 Å². The average molecular weight is 509 g/mol. The topological polar surface area (TPSA) is 23.6 Å². The molecule has 1 unspecified atom stereocenters. The van der Waals surface area contributed by atoms with Crippen LogP contribution < -0.4 is 0 Å². The van der Waals surface area contributed by atoms with Gasteiger partial charge in [0.2, 0.25) is 0 Å². The Balaban J connectivity index is 1.33. The lowest BCUT2D eigenvalue weighted by molar-refractivity contribution is -0.114. The Hall–Kier alpha value is -3.24. The molecule has 4 heteroatoms. The van der Waals surface area contributed by atoms with Gasteiger partial charge in [0, 0.05) is 42.8 Å². The van der Waals surface area contributed by atoms with Crippen LogP contribution in [0.15, 0.2) is 103 Å². The van der Waals surface area contributed by atoms with E-state index in [0.29, 0.717) is 0 Å². The van der Waals surface area contributed by atoms with Crippen LogP contribution >= 0.6 is 11.6 Å². The van der Waals surface area contributed by atoms with Crippen molar-refractivity contribution in [3.05, 3.63) is 130 Å². The Morgan fingerprint density at radius 3 is 2.27 bits per heavy atom. The summed E-state index contributed by atoms with van der Waals surface area (Å²) in [7, 11) is 0. The average Bonchev–Trinajstić information content (AvgIpc) is 2.93. The van der Waals surface area contributed by atoms with Crippen molar-refractivity contribution in [2.24, 2.45) is 0 Å². The molecule has 0 spiro atoms. The van der Waals surface area contributed by atoms with Gasteiger partial charge in [0.1, 0.15) is 6.29 Å². The number of nitrogens with zero attached hydrogens (tertiary/aromatic N) is 2. The van der Waals surface area contributed by atoms with E-state index >= 15 is 0 Å².